The average molecular weight is 598 g/mol. The van der Waals surface area contributed by atoms with E-state index < -0.39 is 23.4 Å². The minimum absolute atomic E-state index is 0.0174. The Balaban J connectivity index is 1.33. The highest BCUT2D eigenvalue weighted by Crippen LogP contribution is 2.40. The van der Waals surface area contributed by atoms with Gasteiger partial charge >= 0.3 is 6.18 Å². The van der Waals surface area contributed by atoms with Crippen molar-refractivity contribution in [1.29, 1.82) is 0 Å². The Morgan fingerprint density at radius 3 is 2.65 bits per heavy atom. The summed E-state index contributed by atoms with van der Waals surface area (Å²) in [5, 5.41) is 0. The van der Waals surface area contributed by atoms with Crippen molar-refractivity contribution in [3.8, 4) is 5.75 Å². The van der Waals surface area contributed by atoms with Crippen molar-refractivity contribution in [2.45, 2.75) is 46.2 Å². The van der Waals surface area contributed by atoms with E-state index in [1.807, 2.05) is 19.9 Å². The van der Waals surface area contributed by atoms with Crippen LogP contribution in [0, 0.1) is 23.5 Å². The van der Waals surface area contributed by atoms with Crippen molar-refractivity contribution in [2.75, 3.05) is 19.8 Å². The van der Waals surface area contributed by atoms with Gasteiger partial charge in [0.1, 0.15) is 18.1 Å². The molecule has 1 unspecified atom stereocenters. The standard InChI is InChI=1S/C33H32F5N3O2/c1-19(2)17-42-22-10-11-24(27(14-22)33(36,37)38)26-13-23(43-18-20(26)3)12-21-6-4-9-29-30(16-39-15-21)41-32(40-29)25-7-5-8-28(34)31(25)35/h5,7-11,13-14,16,19,21H,4,6,12,15,17-18H2,1-3H3. The van der Waals surface area contributed by atoms with E-state index in [0.717, 1.165) is 12.1 Å². The maximum atomic E-state index is 14.3. The number of fused-ring (bicyclic) bond motifs is 1. The van der Waals surface area contributed by atoms with E-state index in [-0.39, 0.29) is 41.2 Å². The second kappa shape index (κ2) is 12.7. The molecule has 0 aromatic heterocycles. The number of ether oxygens (including phenoxy) is 2. The summed E-state index contributed by atoms with van der Waals surface area (Å²) in [6, 6.07) is 7.98. The SMILES string of the molecule is CC1=C(c2ccc(OCC(C)C)cc2C(F)(F)F)C=C(CC2CCC=C3N=C(c4cccc(F)c4F)N=C3C=NC2)OC1. The van der Waals surface area contributed by atoms with Gasteiger partial charge in [0.05, 0.1) is 29.2 Å². The molecule has 0 aliphatic carbocycles. The van der Waals surface area contributed by atoms with Gasteiger partial charge in [-0.15, -0.1) is 0 Å². The highest BCUT2D eigenvalue weighted by Gasteiger charge is 2.35. The average Bonchev–Trinajstić information content (AvgIpc) is 3.38. The van der Waals surface area contributed by atoms with Crippen LogP contribution in [0.5, 0.6) is 5.75 Å². The summed E-state index contributed by atoms with van der Waals surface area (Å²) >= 11 is 0. The lowest BCUT2D eigenvalue weighted by Gasteiger charge is -2.24. The first-order valence-corrected chi connectivity index (χ1v) is 14.2. The first-order chi connectivity index (χ1) is 20.5. The van der Waals surface area contributed by atoms with Gasteiger partial charge in [0.15, 0.2) is 17.5 Å². The lowest BCUT2D eigenvalue weighted by molar-refractivity contribution is -0.137. The number of rotatable bonds is 7. The third-order valence-corrected chi connectivity index (χ3v) is 7.30. The fourth-order valence-electron chi connectivity index (χ4n) is 5.07. The summed E-state index contributed by atoms with van der Waals surface area (Å²) in [6.07, 6.45) is 2.42. The van der Waals surface area contributed by atoms with Gasteiger partial charge in [-0.2, -0.15) is 13.2 Å². The number of hydrogen-bond acceptors (Lipinski definition) is 5. The van der Waals surface area contributed by atoms with Crippen molar-refractivity contribution in [3.63, 3.8) is 0 Å². The molecule has 2 aromatic rings. The van der Waals surface area contributed by atoms with Crippen molar-refractivity contribution < 1.29 is 31.4 Å². The molecule has 43 heavy (non-hydrogen) atoms. The molecule has 3 aliphatic rings. The Hall–Kier alpha value is -4.08. The Labute approximate surface area is 247 Å². The lowest BCUT2D eigenvalue weighted by Crippen LogP contribution is -2.14. The molecular formula is C33H32F5N3O2. The first kappa shape index (κ1) is 30.4. The fourth-order valence-corrected chi connectivity index (χ4v) is 5.07. The summed E-state index contributed by atoms with van der Waals surface area (Å²) in [4.78, 5) is 13.3. The molecule has 2 aromatic carbocycles. The van der Waals surface area contributed by atoms with E-state index in [1.165, 1.54) is 18.2 Å². The van der Waals surface area contributed by atoms with E-state index in [2.05, 4.69) is 15.0 Å². The van der Waals surface area contributed by atoms with Crippen LogP contribution >= 0.6 is 0 Å². The number of allylic oxidation sites excluding steroid dienone is 5. The lowest BCUT2D eigenvalue weighted by atomic mass is 9.91. The zero-order valence-electron chi connectivity index (χ0n) is 24.1. The molecule has 0 saturated carbocycles. The number of nitrogens with zero attached hydrogens (tertiary/aromatic N) is 3. The highest BCUT2D eigenvalue weighted by atomic mass is 19.4. The van der Waals surface area contributed by atoms with E-state index in [9.17, 15) is 22.0 Å². The second-order valence-corrected chi connectivity index (χ2v) is 11.3. The predicted molar refractivity (Wildman–Crippen MR) is 158 cm³/mol. The molecule has 0 radical (unpaired) electrons. The van der Waals surface area contributed by atoms with Crippen LogP contribution < -0.4 is 4.74 Å². The molecule has 0 fully saturated rings. The molecule has 10 heteroatoms. The van der Waals surface area contributed by atoms with Crippen molar-refractivity contribution >= 4 is 23.3 Å². The van der Waals surface area contributed by atoms with Crippen LogP contribution in [0.4, 0.5) is 22.0 Å². The van der Waals surface area contributed by atoms with E-state index >= 15 is 0 Å². The molecule has 0 amide bonds. The summed E-state index contributed by atoms with van der Waals surface area (Å²) in [5.74, 6) is -0.866. The number of aliphatic imine (C=N–C) groups is 3. The minimum Gasteiger partial charge on any atom is -0.494 e. The Bertz CT molecular complexity index is 1580. The van der Waals surface area contributed by atoms with Gasteiger partial charge in [0.2, 0.25) is 0 Å². The summed E-state index contributed by atoms with van der Waals surface area (Å²) in [6.45, 7) is 6.58. The maximum Gasteiger partial charge on any atom is 0.417 e. The van der Waals surface area contributed by atoms with Crippen molar-refractivity contribution in [3.05, 3.63) is 93.9 Å². The van der Waals surface area contributed by atoms with E-state index in [4.69, 9.17) is 9.47 Å². The van der Waals surface area contributed by atoms with Crippen LogP contribution in [0.25, 0.3) is 5.57 Å². The smallest absolute Gasteiger partial charge is 0.417 e. The number of halogens is 5. The number of alkyl halides is 3. The minimum atomic E-state index is -4.56. The second-order valence-electron chi connectivity index (χ2n) is 11.3. The largest absolute Gasteiger partial charge is 0.494 e. The van der Waals surface area contributed by atoms with Gasteiger partial charge in [0, 0.05) is 19.2 Å². The summed E-state index contributed by atoms with van der Waals surface area (Å²) in [5.41, 5.74) is 1.53. The summed E-state index contributed by atoms with van der Waals surface area (Å²) < 4.78 is 82.0. The van der Waals surface area contributed by atoms with Gasteiger partial charge in [0.25, 0.3) is 0 Å². The number of amidine groups is 1. The monoisotopic (exact) mass is 597 g/mol. The van der Waals surface area contributed by atoms with Crippen LogP contribution in [-0.4, -0.2) is 37.5 Å². The molecule has 0 spiro atoms. The van der Waals surface area contributed by atoms with E-state index in [0.29, 0.717) is 60.7 Å². The van der Waals surface area contributed by atoms with Crippen LogP contribution in [0.1, 0.15) is 56.7 Å². The van der Waals surface area contributed by atoms with Gasteiger partial charge in [-0.3, -0.25) is 4.99 Å². The molecule has 3 aliphatic heterocycles. The zero-order valence-corrected chi connectivity index (χ0v) is 24.1. The fraction of sp³-hybridized carbons (Fsp3) is 0.364. The van der Waals surface area contributed by atoms with Gasteiger partial charge in [-0.05, 0) is 78.7 Å². The molecule has 1 atom stereocenters. The molecule has 0 bridgehead atoms. The highest BCUT2D eigenvalue weighted by molar-refractivity contribution is 6.42. The normalized spacial score (nSPS) is 19.0. The number of benzene rings is 2. The van der Waals surface area contributed by atoms with Gasteiger partial charge < -0.3 is 9.47 Å². The Morgan fingerprint density at radius 2 is 1.88 bits per heavy atom. The molecule has 5 nitrogen and oxygen atoms in total. The van der Waals surface area contributed by atoms with Crippen molar-refractivity contribution in [2.24, 2.45) is 26.8 Å². The summed E-state index contributed by atoms with van der Waals surface area (Å²) in [7, 11) is 0. The first-order valence-electron chi connectivity index (χ1n) is 14.2. The Morgan fingerprint density at radius 1 is 1.07 bits per heavy atom. The molecular weight excluding hydrogens is 565 g/mol. The van der Waals surface area contributed by atoms with Crippen LogP contribution in [0.2, 0.25) is 0 Å². The van der Waals surface area contributed by atoms with Gasteiger partial charge in [-0.25, -0.2) is 18.8 Å². The molecule has 5 rings (SSSR count). The number of hydrogen-bond donors (Lipinski definition) is 0. The van der Waals surface area contributed by atoms with Crippen LogP contribution in [0.3, 0.4) is 0 Å². The molecule has 3 heterocycles. The third kappa shape index (κ3) is 7.12. The molecule has 0 saturated heterocycles. The maximum absolute atomic E-state index is 14.3. The third-order valence-electron chi connectivity index (χ3n) is 7.30. The molecule has 0 N–H and O–H groups in total. The molecule has 226 valence electrons. The van der Waals surface area contributed by atoms with Crippen molar-refractivity contribution in [1.82, 2.24) is 0 Å². The quantitative estimate of drug-likeness (QED) is 0.301. The zero-order chi connectivity index (χ0) is 30.7. The predicted octanol–water partition coefficient (Wildman–Crippen LogP) is 8.36. The Kier molecular flexibility index (Phi) is 8.94. The van der Waals surface area contributed by atoms with Crippen LogP contribution in [-0.2, 0) is 10.9 Å². The van der Waals surface area contributed by atoms with Crippen LogP contribution in [0.15, 0.2) is 80.6 Å². The topological polar surface area (TPSA) is 55.5 Å². The van der Waals surface area contributed by atoms with E-state index in [1.54, 1.807) is 25.3 Å². The van der Waals surface area contributed by atoms with Gasteiger partial charge in [-0.1, -0.05) is 32.1 Å².